The Morgan fingerprint density at radius 3 is 2.46 bits per heavy atom. The summed E-state index contributed by atoms with van der Waals surface area (Å²) in [5, 5.41) is 10.5. The summed E-state index contributed by atoms with van der Waals surface area (Å²) < 4.78 is 0. The van der Waals surface area contributed by atoms with Gasteiger partial charge in [0, 0.05) is 5.41 Å². The first-order valence-electron chi connectivity index (χ1n) is 10.5. The first kappa shape index (κ1) is 15.9. The van der Waals surface area contributed by atoms with Crippen LogP contribution in [0, 0.1) is 46.3 Å². The molecule has 9 atom stereocenters. The van der Waals surface area contributed by atoms with E-state index in [1.807, 2.05) is 13.8 Å². The van der Waals surface area contributed by atoms with E-state index in [-0.39, 0.29) is 5.41 Å². The van der Waals surface area contributed by atoms with Crippen LogP contribution in [0.3, 0.4) is 0 Å². The molecule has 1 N–H and O–H groups in total. The van der Waals surface area contributed by atoms with Gasteiger partial charge in [-0.25, -0.2) is 0 Å². The molecule has 134 valence electrons. The largest absolute Gasteiger partial charge is 0.390 e. The number of carbonyl (C=O) groups excluding carboxylic acids is 1. The average Bonchev–Trinajstić information content (AvgIpc) is 3.19. The number of ketones is 1. The van der Waals surface area contributed by atoms with Crippen molar-refractivity contribution < 1.29 is 9.90 Å². The molecule has 0 heterocycles. The van der Waals surface area contributed by atoms with Gasteiger partial charge in [-0.3, -0.25) is 4.79 Å². The van der Waals surface area contributed by atoms with E-state index < -0.39 is 5.60 Å². The normalized spacial score (nSPS) is 61.3. The Bertz CT molecular complexity index is 581. The van der Waals surface area contributed by atoms with Crippen LogP contribution < -0.4 is 0 Å². The third-order valence-corrected chi connectivity index (χ3v) is 9.92. The predicted molar refractivity (Wildman–Crippen MR) is 94.3 cm³/mol. The Labute approximate surface area is 146 Å². The van der Waals surface area contributed by atoms with Crippen LogP contribution in [0.4, 0.5) is 0 Å². The standard InChI is InChI=1S/C22H34O2/c1-13(23)22-12-15(22)10-19-18-5-4-14-11-20(2,24)8-6-16(14)17(18)7-9-21(19,22)3/h14-19,24H,4-12H2,1-3H3/t14-,15+,16+,17-,18-,19+,20-,21+,22+/m1/s1. The molecule has 0 aromatic carbocycles. The minimum Gasteiger partial charge on any atom is -0.390 e. The predicted octanol–water partition coefficient (Wildman–Crippen LogP) is 4.60. The Balaban J connectivity index is 1.42. The van der Waals surface area contributed by atoms with E-state index >= 15 is 0 Å². The van der Waals surface area contributed by atoms with Crippen LogP contribution in [-0.2, 0) is 4.79 Å². The fourth-order valence-electron chi connectivity index (χ4n) is 8.84. The van der Waals surface area contributed by atoms with Gasteiger partial charge in [0.25, 0.3) is 0 Å². The fourth-order valence-corrected chi connectivity index (χ4v) is 8.84. The lowest BCUT2D eigenvalue weighted by molar-refractivity contribution is -0.136. The van der Waals surface area contributed by atoms with Crippen molar-refractivity contribution in [1.82, 2.24) is 0 Å². The quantitative estimate of drug-likeness (QED) is 0.763. The Morgan fingerprint density at radius 2 is 1.71 bits per heavy atom. The van der Waals surface area contributed by atoms with Crippen molar-refractivity contribution in [2.45, 2.75) is 84.2 Å². The minimum absolute atomic E-state index is 0.0791. The number of aliphatic hydroxyl groups is 1. The summed E-state index contributed by atoms with van der Waals surface area (Å²) in [6, 6.07) is 0. The highest BCUT2D eigenvalue weighted by molar-refractivity contribution is 5.87. The third-order valence-electron chi connectivity index (χ3n) is 9.92. The van der Waals surface area contributed by atoms with Gasteiger partial charge >= 0.3 is 0 Å². The van der Waals surface area contributed by atoms with Gasteiger partial charge in [-0.05, 0) is 113 Å². The van der Waals surface area contributed by atoms with Crippen molar-refractivity contribution in [1.29, 1.82) is 0 Å². The van der Waals surface area contributed by atoms with Crippen molar-refractivity contribution >= 4 is 5.78 Å². The average molecular weight is 331 g/mol. The van der Waals surface area contributed by atoms with Crippen molar-refractivity contribution in [3.05, 3.63) is 0 Å². The molecule has 0 aliphatic heterocycles. The van der Waals surface area contributed by atoms with Crippen LogP contribution >= 0.6 is 0 Å². The van der Waals surface area contributed by atoms with Gasteiger partial charge in [0.05, 0.1) is 5.60 Å². The maximum atomic E-state index is 12.5. The van der Waals surface area contributed by atoms with E-state index in [0.717, 1.165) is 42.4 Å². The molecule has 0 aromatic rings. The second-order valence-corrected chi connectivity index (χ2v) is 10.8. The number of hydrogen-bond donors (Lipinski definition) is 1. The molecule has 5 aliphatic carbocycles. The Kier molecular flexibility index (Phi) is 3.08. The van der Waals surface area contributed by atoms with Crippen LogP contribution in [0.1, 0.15) is 78.6 Å². The molecule has 5 saturated carbocycles. The first-order valence-corrected chi connectivity index (χ1v) is 10.5. The van der Waals surface area contributed by atoms with Crippen LogP contribution in [-0.4, -0.2) is 16.5 Å². The van der Waals surface area contributed by atoms with Crippen molar-refractivity contribution in [3.8, 4) is 0 Å². The van der Waals surface area contributed by atoms with Crippen molar-refractivity contribution in [2.24, 2.45) is 46.3 Å². The van der Waals surface area contributed by atoms with Gasteiger partial charge in [-0.2, -0.15) is 0 Å². The van der Waals surface area contributed by atoms with Gasteiger partial charge < -0.3 is 5.11 Å². The molecule has 0 radical (unpaired) electrons. The van der Waals surface area contributed by atoms with Crippen molar-refractivity contribution in [3.63, 3.8) is 0 Å². The van der Waals surface area contributed by atoms with E-state index in [2.05, 4.69) is 6.92 Å². The molecular formula is C22H34O2. The molecule has 0 spiro atoms. The zero-order chi connectivity index (χ0) is 16.9. The lowest BCUT2D eigenvalue weighted by Gasteiger charge is -2.57. The van der Waals surface area contributed by atoms with Gasteiger partial charge in [0.15, 0.2) is 0 Å². The third kappa shape index (κ3) is 1.79. The first-order chi connectivity index (χ1) is 11.3. The second-order valence-electron chi connectivity index (χ2n) is 10.8. The fraction of sp³-hybridized carbons (Fsp3) is 0.955. The van der Waals surface area contributed by atoms with E-state index in [0.29, 0.717) is 17.1 Å². The molecule has 0 unspecified atom stereocenters. The smallest absolute Gasteiger partial charge is 0.136 e. The van der Waals surface area contributed by atoms with Gasteiger partial charge in [0.2, 0.25) is 0 Å². The highest BCUT2D eigenvalue weighted by atomic mass is 16.3. The maximum Gasteiger partial charge on any atom is 0.136 e. The summed E-state index contributed by atoms with van der Waals surface area (Å²) in [6.45, 7) is 6.41. The molecule has 2 heteroatoms. The van der Waals surface area contributed by atoms with E-state index in [1.165, 1.54) is 44.9 Å². The zero-order valence-electron chi connectivity index (χ0n) is 15.7. The molecule has 0 bridgehead atoms. The maximum absolute atomic E-state index is 12.5. The highest BCUT2D eigenvalue weighted by Crippen LogP contribution is 2.79. The Morgan fingerprint density at radius 1 is 0.958 bits per heavy atom. The summed E-state index contributed by atoms with van der Waals surface area (Å²) in [5.41, 5.74) is -0.0295. The molecule has 5 rings (SSSR count). The monoisotopic (exact) mass is 330 g/mol. The Hall–Kier alpha value is -0.370. The molecule has 0 amide bonds. The lowest BCUT2D eigenvalue weighted by atomic mass is 9.47. The summed E-state index contributed by atoms with van der Waals surface area (Å²) in [5.74, 6) is 5.40. The van der Waals surface area contributed by atoms with E-state index in [9.17, 15) is 9.90 Å². The summed E-state index contributed by atoms with van der Waals surface area (Å²) in [4.78, 5) is 12.5. The SMILES string of the molecule is CC(=O)[C@@]12C[C@@H]1C[C@H]1[C@@H]3CC[C@@H]4C[C@](C)(O)CC[C@@H]4[C@H]3CC[C@@]12C. The highest BCUT2D eigenvalue weighted by Gasteiger charge is 2.76. The second kappa shape index (κ2) is 4.67. The van der Waals surface area contributed by atoms with Crippen LogP contribution in [0.25, 0.3) is 0 Å². The molecule has 0 saturated heterocycles. The van der Waals surface area contributed by atoms with Gasteiger partial charge in [0.1, 0.15) is 5.78 Å². The molecule has 2 nitrogen and oxygen atoms in total. The van der Waals surface area contributed by atoms with Crippen molar-refractivity contribution in [2.75, 3.05) is 0 Å². The number of Topliss-reactive ketones (excluding diaryl/α,β-unsaturated/α-hetero) is 1. The van der Waals surface area contributed by atoms with E-state index in [1.54, 1.807) is 0 Å². The van der Waals surface area contributed by atoms with Gasteiger partial charge in [-0.15, -0.1) is 0 Å². The summed E-state index contributed by atoms with van der Waals surface area (Å²) >= 11 is 0. The summed E-state index contributed by atoms with van der Waals surface area (Å²) in [6.07, 6.45) is 11.1. The van der Waals surface area contributed by atoms with Crippen LogP contribution in [0.5, 0.6) is 0 Å². The minimum atomic E-state index is -0.412. The molecule has 5 fully saturated rings. The van der Waals surface area contributed by atoms with E-state index in [4.69, 9.17) is 0 Å². The molecule has 5 aliphatic rings. The molecular weight excluding hydrogens is 296 g/mol. The number of rotatable bonds is 1. The molecule has 24 heavy (non-hydrogen) atoms. The lowest BCUT2D eigenvalue weighted by Crippen LogP contribution is -2.52. The zero-order valence-corrected chi connectivity index (χ0v) is 15.7. The number of fused-ring (bicyclic) bond motifs is 7. The van der Waals surface area contributed by atoms with Gasteiger partial charge in [-0.1, -0.05) is 6.92 Å². The van der Waals surface area contributed by atoms with Crippen LogP contribution in [0.2, 0.25) is 0 Å². The van der Waals surface area contributed by atoms with Crippen LogP contribution in [0.15, 0.2) is 0 Å². The number of carbonyl (C=O) groups is 1. The topological polar surface area (TPSA) is 37.3 Å². The summed E-state index contributed by atoms with van der Waals surface area (Å²) in [7, 11) is 0. The molecule has 0 aromatic heterocycles. The number of hydrogen-bond acceptors (Lipinski definition) is 2.